The van der Waals surface area contributed by atoms with Crippen LogP contribution in [0.2, 0.25) is 0 Å². The van der Waals surface area contributed by atoms with Gasteiger partial charge in [0, 0.05) is 25.7 Å². The van der Waals surface area contributed by atoms with Gasteiger partial charge in [-0.05, 0) is 12.1 Å². The fourth-order valence-corrected chi connectivity index (χ4v) is 2.43. The minimum Gasteiger partial charge on any atom is -0.491 e. The normalized spacial score (nSPS) is 20.2. The number of hydrogen-bond donors (Lipinski definition) is 1. The molecule has 0 aliphatic carbocycles. The Morgan fingerprint density at radius 3 is 3.17 bits per heavy atom. The average molecular weight is 325 g/mol. The summed E-state index contributed by atoms with van der Waals surface area (Å²) in [5.74, 6) is 0.167. The van der Waals surface area contributed by atoms with E-state index in [9.17, 15) is 9.50 Å². The summed E-state index contributed by atoms with van der Waals surface area (Å²) in [4.78, 5) is 2.12. The summed E-state index contributed by atoms with van der Waals surface area (Å²) in [7, 11) is 0. The molecule has 1 N–H and O–H groups in total. The first-order valence-electron chi connectivity index (χ1n) is 7.76. The first-order chi connectivity index (χ1) is 11.2. The summed E-state index contributed by atoms with van der Waals surface area (Å²) in [6.07, 6.45) is 1.01. The van der Waals surface area contributed by atoms with Crippen molar-refractivity contribution >= 4 is 0 Å². The number of aliphatic hydroxyl groups is 1. The number of rotatable bonds is 9. The van der Waals surface area contributed by atoms with Crippen molar-refractivity contribution in [2.24, 2.45) is 0 Å². The molecule has 1 saturated heterocycles. The van der Waals surface area contributed by atoms with E-state index in [1.54, 1.807) is 18.2 Å². The van der Waals surface area contributed by atoms with Gasteiger partial charge in [0.15, 0.2) is 0 Å². The van der Waals surface area contributed by atoms with E-state index in [4.69, 9.17) is 14.2 Å². The monoisotopic (exact) mass is 325 g/mol. The van der Waals surface area contributed by atoms with Crippen molar-refractivity contribution in [1.29, 1.82) is 0 Å². The van der Waals surface area contributed by atoms with Gasteiger partial charge >= 0.3 is 0 Å². The highest BCUT2D eigenvalue weighted by molar-refractivity contribution is 5.22. The first kappa shape index (κ1) is 17.9. The second-order valence-corrected chi connectivity index (χ2v) is 5.50. The Bertz CT molecular complexity index is 485. The largest absolute Gasteiger partial charge is 0.491 e. The lowest BCUT2D eigenvalue weighted by molar-refractivity contribution is -0.0636. The lowest BCUT2D eigenvalue weighted by atomic mass is 10.2. The standard InChI is InChI=1S/C17H24FNO4/c1-2-7-21-12-15(20)10-19-6-8-22-17(11-19)13-23-16-5-3-4-14(18)9-16/h2-5,9,15,17,20H,1,6-8,10-13H2. The molecule has 6 heteroatoms. The minimum absolute atomic E-state index is 0.103. The van der Waals surface area contributed by atoms with Crippen LogP contribution in [-0.2, 0) is 9.47 Å². The highest BCUT2D eigenvalue weighted by atomic mass is 19.1. The molecule has 1 fully saturated rings. The number of aliphatic hydroxyl groups excluding tert-OH is 1. The number of nitrogens with zero attached hydrogens (tertiary/aromatic N) is 1. The molecule has 23 heavy (non-hydrogen) atoms. The number of ether oxygens (including phenoxy) is 3. The minimum atomic E-state index is -0.544. The van der Waals surface area contributed by atoms with Crippen LogP contribution in [0.15, 0.2) is 36.9 Å². The second-order valence-electron chi connectivity index (χ2n) is 5.50. The van der Waals surface area contributed by atoms with Crippen LogP contribution < -0.4 is 4.74 Å². The lowest BCUT2D eigenvalue weighted by Gasteiger charge is -2.33. The van der Waals surface area contributed by atoms with Crippen LogP contribution in [0.25, 0.3) is 0 Å². The molecule has 0 saturated carbocycles. The molecule has 2 rings (SSSR count). The van der Waals surface area contributed by atoms with E-state index in [0.29, 0.717) is 38.7 Å². The van der Waals surface area contributed by atoms with E-state index in [1.807, 2.05) is 0 Å². The van der Waals surface area contributed by atoms with Gasteiger partial charge in [-0.2, -0.15) is 0 Å². The third-order valence-electron chi connectivity index (χ3n) is 3.47. The van der Waals surface area contributed by atoms with Crippen molar-refractivity contribution in [1.82, 2.24) is 4.90 Å². The van der Waals surface area contributed by atoms with Crippen molar-refractivity contribution in [3.63, 3.8) is 0 Å². The van der Waals surface area contributed by atoms with Crippen molar-refractivity contribution in [2.45, 2.75) is 12.2 Å². The summed E-state index contributed by atoms with van der Waals surface area (Å²) in [5.41, 5.74) is 0. The molecule has 1 aliphatic rings. The Balaban J connectivity index is 1.71. The van der Waals surface area contributed by atoms with Crippen molar-refractivity contribution < 1.29 is 23.7 Å². The van der Waals surface area contributed by atoms with Gasteiger partial charge < -0.3 is 19.3 Å². The van der Waals surface area contributed by atoms with Gasteiger partial charge in [-0.25, -0.2) is 4.39 Å². The highest BCUT2D eigenvalue weighted by Gasteiger charge is 2.23. The lowest BCUT2D eigenvalue weighted by Crippen LogP contribution is -2.48. The smallest absolute Gasteiger partial charge is 0.126 e. The molecule has 2 unspecified atom stereocenters. The van der Waals surface area contributed by atoms with Gasteiger partial charge in [0.25, 0.3) is 0 Å². The van der Waals surface area contributed by atoms with Crippen LogP contribution in [0.5, 0.6) is 5.75 Å². The average Bonchev–Trinajstić information content (AvgIpc) is 2.54. The maximum Gasteiger partial charge on any atom is 0.126 e. The van der Waals surface area contributed by atoms with Crippen LogP contribution >= 0.6 is 0 Å². The zero-order chi connectivity index (χ0) is 16.5. The van der Waals surface area contributed by atoms with Gasteiger partial charge in [0.1, 0.15) is 24.3 Å². The highest BCUT2D eigenvalue weighted by Crippen LogP contribution is 2.14. The summed E-state index contributed by atoms with van der Waals surface area (Å²) in [6.45, 7) is 7.16. The van der Waals surface area contributed by atoms with Gasteiger partial charge in [0.2, 0.25) is 0 Å². The molecule has 1 aromatic carbocycles. The maximum atomic E-state index is 13.1. The van der Waals surface area contributed by atoms with Crippen LogP contribution in [0.3, 0.4) is 0 Å². The number of benzene rings is 1. The Morgan fingerprint density at radius 1 is 1.52 bits per heavy atom. The third-order valence-corrected chi connectivity index (χ3v) is 3.47. The number of hydrogen-bond acceptors (Lipinski definition) is 5. The molecular weight excluding hydrogens is 301 g/mol. The molecular formula is C17H24FNO4. The zero-order valence-corrected chi connectivity index (χ0v) is 13.2. The van der Waals surface area contributed by atoms with E-state index in [2.05, 4.69) is 11.5 Å². The van der Waals surface area contributed by atoms with Crippen molar-refractivity contribution in [3.05, 3.63) is 42.7 Å². The Kier molecular flexibility index (Phi) is 7.48. The van der Waals surface area contributed by atoms with E-state index >= 15 is 0 Å². The SMILES string of the molecule is C=CCOCC(O)CN1CCOC(COc2cccc(F)c2)C1. The van der Waals surface area contributed by atoms with Crippen LogP contribution in [-0.4, -0.2) is 68.3 Å². The third kappa shape index (κ3) is 6.66. The fraction of sp³-hybridized carbons (Fsp3) is 0.529. The zero-order valence-electron chi connectivity index (χ0n) is 13.2. The molecule has 1 aromatic rings. The molecule has 0 radical (unpaired) electrons. The van der Waals surface area contributed by atoms with Crippen molar-refractivity contribution in [3.8, 4) is 5.75 Å². The molecule has 0 spiro atoms. The number of halogens is 1. The Morgan fingerprint density at radius 2 is 2.39 bits per heavy atom. The molecule has 2 atom stereocenters. The molecule has 128 valence electrons. The first-order valence-corrected chi connectivity index (χ1v) is 7.76. The summed E-state index contributed by atoms with van der Waals surface area (Å²) < 4.78 is 29.6. The Labute approximate surface area is 136 Å². The molecule has 1 aliphatic heterocycles. The second kappa shape index (κ2) is 9.62. The number of β-amino-alcohol motifs (C(OH)–C–C–N with tert-alkyl or cyclic N) is 1. The van der Waals surface area contributed by atoms with E-state index in [-0.39, 0.29) is 18.5 Å². The quantitative estimate of drug-likeness (QED) is 0.550. The van der Waals surface area contributed by atoms with Gasteiger partial charge in [-0.1, -0.05) is 12.1 Å². The van der Waals surface area contributed by atoms with E-state index in [1.165, 1.54) is 12.1 Å². The number of morpholine rings is 1. The summed E-state index contributed by atoms with van der Waals surface area (Å²) in [6, 6.07) is 6.05. The maximum absolute atomic E-state index is 13.1. The van der Waals surface area contributed by atoms with Crippen LogP contribution in [0.4, 0.5) is 4.39 Å². The van der Waals surface area contributed by atoms with Gasteiger partial charge in [0.05, 0.1) is 25.9 Å². The van der Waals surface area contributed by atoms with E-state index in [0.717, 1.165) is 6.54 Å². The van der Waals surface area contributed by atoms with Crippen LogP contribution in [0.1, 0.15) is 0 Å². The predicted octanol–water partition coefficient (Wildman–Crippen LogP) is 1.47. The molecule has 0 amide bonds. The van der Waals surface area contributed by atoms with Gasteiger partial charge in [-0.3, -0.25) is 4.90 Å². The summed E-state index contributed by atoms with van der Waals surface area (Å²) in [5, 5.41) is 9.94. The predicted molar refractivity (Wildman–Crippen MR) is 85.1 cm³/mol. The topological polar surface area (TPSA) is 51.2 Å². The molecule has 5 nitrogen and oxygen atoms in total. The molecule has 1 heterocycles. The molecule has 0 bridgehead atoms. The van der Waals surface area contributed by atoms with E-state index < -0.39 is 6.10 Å². The summed E-state index contributed by atoms with van der Waals surface area (Å²) >= 11 is 0. The van der Waals surface area contributed by atoms with Gasteiger partial charge in [-0.15, -0.1) is 6.58 Å². The fourth-order valence-electron chi connectivity index (χ4n) is 2.43. The Hall–Kier alpha value is -1.47. The molecule has 0 aromatic heterocycles. The van der Waals surface area contributed by atoms with Crippen LogP contribution in [0, 0.1) is 5.82 Å². The van der Waals surface area contributed by atoms with Crippen molar-refractivity contribution in [2.75, 3.05) is 46.1 Å².